The first-order valence-corrected chi connectivity index (χ1v) is 5.49. The van der Waals surface area contributed by atoms with Crippen molar-refractivity contribution in [3.8, 4) is 5.75 Å². The summed E-state index contributed by atoms with van der Waals surface area (Å²) in [4.78, 5) is 11.4. The number of carbonyl (C=O) groups is 1. The number of esters is 1. The molecular formula is C14H14O3. The van der Waals surface area contributed by atoms with E-state index in [0.29, 0.717) is 12.2 Å². The van der Waals surface area contributed by atoms with Crippen LogP contribution in [0, 0.1) is 0 Å². The summed E-state index contributed by atoms with van der Waals surface area (Å²) >= 11 is 0. The van der Waals surface area contributed by atoms with Crippen LogP contribution in [-0.4, -0.2) is 19.7 Å². The molecule has 0 aliphatic heterocycles. The number of carbonyl (C=O) groups excluding carboxylic acids is 1. The quantitative estimate of drug-likeness (QED) is 0.760. The van der Waals surface area contributed by atoms with Crippen LogP contribution in [0.1, 0.15) is 17.3 Å². The number of rotatable bonds is 3. The Morgan fingerprint density at radius 3 is 2.53 bits per heavy atom. The highest BCUT2D eigenvalue weighted by atomic mass is 16.5. The van der Waals surface area contributed by atoms with Gasteiger partial charge in [-0.15, -0.1) is 0 Å². The Morgan fingerprint density at radius 1 is 1.12 bits per heavy atom. The van der Waals surface area contributed by atoms with Crippen LogP contribution in [0.15, 0.2) is 36.4 Å². The van der Waals surface area contributed by atoms with Crippen LogP contribution in [0.2, 0.25) is 0 Å². The van der Waals surface area contributed by atoms with Gasteiger partial charge in [-0.1, -0.05) is 12.1 Å². The normalized spacial score (nSPS) is 10.2. The third-order valence-corrected chi connectivity index (χ3v) is 2.54. The van der Waals surface area contributed by atoms with Gasteiger partial charge in [0.25, 0.3) is 0 Å². The van der Waals surface area contributed by atoms with Gasteiger partial charge < -0.3 is 9.47 Å². The van der Waals surface area contributed by atoms with E-state index in [1.54, 1.807) is 6.07 Å². The zero-order valence-corrected chi connectivity index (χ0v) is 9.90. The van der Waals surface area contributed by atoms with E-state index in [1.807, 2.05) is 37.3 Å². The van der Waals surface area contributed by atoms with Crippen LogP contribution < -0.4 is 4.74 Å². The molecule has 2 aromatic rings. The SMILES string of the molecule is CCOc1ccc2cc(C(=O)OC)ccc2c1. The lowest BCUT2D eigenvalue weighted by Crippen LogP contribution is -2.00. The summed E-state index contributed by atoms with van der Waals surface area (Å²) in [6.07, 6.45) is 0. The Labute approximate surface area is 100.0 Å². The second kappa shape index (κ2) is 4.87. The topological polar surface area (TPSA) is 35.5 Å². The minimum atomic E-state index is -0.319. The van der Waals surface area contributed by atoms with Crippen LogP contribution in [0.25, 0.3) is 10.8 Å². The minimum Gasteiger partial charge on any atom is -0.494 e. The lowest BCUT2D eigenvalue weighted by molar-refractivity contribution is 0.0601. The van der Waals surface area contributed by atoms with E-state index in [-0.39, 0.29) is 5.97 Å². The molecule has 88 valence electrons. The fourth-order valence-electron chi connectivity index (χ4n) is 1.73. The van der Waals surface area contributed by atoms with Crippen molar-refractivity contribution >= 4 is 16.7 Å². The van der Waals surface area contributed by atoms with Gasteiger partial charge in [-0.3, -0.25) is 0 Å². The monoisotopic (exact) mass is 230 g/mol. The summed E-state index contributed by atoms with van der Waals surface area (Å²) in [7, 11) is 1.38. The van der Waals surface area contributed by atoms with Gasteiger partial charge in [-0.25, -0.2) is 4.79 Å². The zero-order chi connectivity index (χ0) is 12.3. The lowest BCUT2D eigenvalue weighted by atomic mass is 10.1. The predicted octanol–water partition coefficient (Wildman–Crippen LogP) is 3.03. The first-order chi connectivity index (χ1) is 8.24. The molecule has 0 amide bonds. The van der Waals surface area contributed by atoms with Crippen molar-refractivity contribution in [2.45, 2.75) is 6.92 Å². The molecule has 0 aromatic heterocycles. The number of hydrogen-bond donors (Lipinski definition) is 0. The Kier molecular flexibility index (Phi) is 3.28. The average Bonchev–Trinajstić information content (AvgIpc) is 2.37. The molecule has 0 saturated carbocycles. The number of ether oxygens (including phenoxy) is 2. The summed E-state index contributed by atoms with van der Waals surface area (Å²) in [6.45, 7) is 2.59. The van der Waals surface area contributed by atoms with Crippen LogP contribution in [0.3, 0.4) is 0 Å². The molecule has 0 heterocycles. The summed E-state index contributed by atoms with van der Waals surface area (Å²) in [6, 6.07) is 11.3. The highest BCUT2D eigenvalue weighted by molar-refractivity contribution is 5.95. The third-order valence-electron chi connectivity index (χ3n) is 2.54. The summed E-state index contributed by atoms with van der Waals surface area (Å²) < 4.78 is 10.1. The summed E-state index contributed by atoms with van der Waals surface area (Å²) in [5.41, 5.74) is 0.559. The largest absolute Gasteiger partial charge is 0.494 e. The standard InChI is InChI=1S/C14H14O3/c1-3-17-13-7-6-10-8-12(14(15)16-2)5-4-11(10)9-13/h4-9H,3H2,1-2H3. The van der Waals surface area contributed by atoms with Gasteiger partial charge in [0.2, 0.25) is 0 Å². The maximum atomic E-state index is 11.4. The number of fused-ring (bicyclic) bond motifs is 1. The van der Waals surface area contributed by atoms with Crippen molar-refractivity contribution in [2.24, 2.45) is 0 Å². The van der Waals surface area contributed by atoms with E-state index in [0.717, 1.165) is 16.5 Å². The van der Waals surface area contributed by atoms with Gasteiger partial charge in [-0.05, 0) is 42.0 Å². The van der Waals surface area contributed by atoms with E-state index in [1.165, 1.54) is 7.11 Å². The summed E-state index contributed by atoms with van der Waals surface area (Å²) in [5.74, 6) is 0.520. The van der Waals surface area contributed by atoms with Gasteiger partial charge in [0.15, 0.2) is 0 Å². The molecule has 0 spiro atoms. The number of benzene rings is 2. The molecule has 0 atom stereocenters. The van der Waals surface area contributed by atoms with Crippen molar-refractivity contribution in [1.29, 1.82) is 0 Å². The van der Waals surface area contributed by atoms with Crippen molar-refractivity contribution in [3.05, 3.63) is 42.0 Å². The average molecular weight is 230 g/mol. The lowest BCUT2D eigenvalue weighted by Gasteiger charge is -2.06. The Balaban J connectivity index is 2.43. The molecule has 2 aromatic carbocycles. The first-order valence-electron chi connectivity index (χ1n) is 5.49. The number of methoxy groups -OCH3 is 1. The predicted molar refractivity (Wildman–Crippen MR) is 66.5 cm³/mol. The molecule has 0 aliphatic rings. The maximum Gasteiger partial charge on any atom is 0.337 e. The molecule has 2 rings (SSSR count). The zero-order valence-electron chi connectivity index (χ0n) is 9.90. The molecule has 0 saturated heterocycles. The number of hydrogen-bond acceptors (Lipinski definition) is 3. The molecule has 0 unspecified atom stereocenters. The van der Waals surface area contributed by atoms with Gasteiger partial charge in [0.05, 0.1) is 19.3 Å². The van der Waals surface area contributed by atoms with Crippen LogP contribution >= 0.6 is 0 Å². The molecular weight excluding hydrogens is 216 g/mol. The molecule has 0 aliphatic carbocycles. The van der Waals surface area contributed by atoms with Crippen molar-refractivity contribution < 1.29 is 14.3 Å². The van der Waals surface area contributed by atoms with Gasteiger partial charge in [0, 0.05) is 0 Å². The van der Waals surface area contributed by atoms with E-state index in [2.05, 4.69) is 4.74 Å². The summed E-state index contributed by atoms with van der Waals surface area (Å²) in [5, 5.41) is 2.04. The fraction of sp³-hybridized carbons (Fsp3) is 0.214. The second-order valence-electron chi connectivity index (χ2n) is 3.65. The Bertz CT molecular complexity index is 546. The van der Waals surface area contributed by atoms with Gasteiger partial charge >= 0.3 is 5.97 Å². The van der Waals surface area contributed by atoms with Crippen molar-refractivity contribution in [1.82, 2.24) is 0 Å². The molecule has 0 fully saturated rings. The first kappa shape index (κ1) is 11.5. The van der Waals surface area contributed by atoms with Crippen LogP contribution in [0.5, 0.6) is 5.75 Å². The van der Waals surface area contributed by atoms with Gasteiger partial charge in [0.1, 0.15) is 5.75 Å². The second-order valence-corrected chi connectivity index (χ2v) is 3.65. The maximum absolute atomic E-state index is 11.4. The minimum absolute atomic E-state index is 0.319. The van der Waals surface area contributed by atoms with Crippen molar-refractivity contribution in [2.75, 3.05) is 13.7 Å². The van der Waals surface area contributed by atoms with E-state index in [4.69, 9.17) is 4.74 Å². The Hall–Kier alpha value is -2.03. The molecule has 3 nitrogen and oxygen atoms in total. The smallest absolute Gasteiger partial charge is 0.337 e. The third kappa shape index (κ3) is 2.38. The molecule has 0 radical (unpaired) electrons. The van der Waals surface area contributed by atoms with Crippen molar-refractivity contribution in [3.63, 3.8) is 0 Å². The van der Waals surface area contributed by atoms with E-state index >= 15 is 0 Å². The fourth-order valence-corrected chi connectivity index (χ4v) is 1.73. The van der Waals surface area contributed by atoms with Crippen LogP contribution in [-0.2, 0) is 4.74 Å². The van der Waals surface area contributed by atoms with Crippen LogP contribution in [0.4, 0.5) is 0 Å². The highest BCUT2D eigenvalue weighted by Crippen LogP contribution is 2.22. The molecule has 3 heteroatoms. The molecule has 0 bridgehead atoms. The highest BCUT2D eigenvalue weighted by Gasteiger charge is 2.06. The van der Waals surface area contributed by atoms with Gasteiger partial charge in [-0.2, -0.15) is 0 Å². The van der Waals surface area contributed by atoms with E-state index < -0.39 is 0 Å². The molecule has 0 N–H and O–H groups in total. The molecule has 17 heavy (non-hydrogen) atoms. The Morgan fingerprint density at radius 2 is 1.82 bits per heavy atom. The van der Waals surface area contributed by atoms with E-state index in [9.17, 15) is 4.79 Å².